The van der Waals surface area contributed by atoms with Crippen LogP contribution in [0, 0.1) is 0 Å². The first-order chi connectivity index (χ1) is 8.79. The highest BCUT2D eigenvalue weighted by atomic mass is 16.5. The normalized spacial score (nSPS) is 10.3. The van der Waals surface area contributed by atoms with E-state index in [0.29, 0.717) is 19.6 Å². The highest BCUT2D eigenvalue weighted by Gasteiger charge is 2.02. The molecule has 2 aromatic rings. The molecule has 1 aromatic heterocycles. The number of nitrogens with one attached hydrogen (secondary N) is 1. The summed E-state index contributed by atoms with van der Waals surface area (Å²) in [6.45, 7) is 2.76. The number of nitrogens with zero attached hydrogens (tertiary/aromatic N) is 1. The van der Waals surface area contributed by atoms with Gasteiger partial charge in [0.25, 0.3) is 0 Å². The fourth-order valence-electron chi connectivity index (χ4n) is 1.69. The second kappa shape index (κ2) is 6.00. The van der Waals surface area contributed by atoms with Gasteiger partial charge in [0, 0.05) is 11.9 Å². The lowest BCUT2D eigenvalue weighted by Gasteiger charge is -2.06. The lowest BCUT2D eigenvalue weighted by molar-refractivity contribution is -0.142. The van der Waals surface area contributed by atoms with E-state index in [1.165, 1.54) is 0 Å². The largest absolute Gasteiger partial charge is 0.466 e. The molecule has 0 aliphatic carbocycles. The number of para-hydroxylation sites is 1. The molecule has 0 saturated heterocycles. The van der Waals surface area contributed by atoms with Gasteiger partial charge in [0.2, 0.25) is 0 Å². The molecular formula is C14H16N2O2. The van der Waals surface area contributed by atoms with E-state index in [-0.39, 0.29) is 5.97 Å². The smallest absolute Gasteiger partial charge is 0.307 e. The lowest BCUT2D eigenvalue weighted by Crippen LogP contribution is -2.11. The molecule has 0 radical (unpaired) electrons. The number of hydrogen-bond acceptors (Lipinski definition) is 4. The minimum absolute atomic E-state index is 0.189. The number of rotatable bonds is 5. The molecule has 0 amide bonds. The van der Waals surface area contributed by atoms with Crippen molar-refractivity contribution >= 4 is 22.7 Å². The summed E-state index contributed by atoms with van der Waals surface area (Å²) in [5.41, 5.74) is 0.943. The molecule has 1 N–H and O–H groups in total. The van der Waals surface area contributed by atoms with E-state index in [9.17, 15) is 4.79 Å². The van der Waals surface area contributed by atoms with Crippen molar-refractivity contribution in [2.24, 2.45) is 0 Å². The zero-order valence-corrected chi connectivity index (χ0v) is 10.3. The van der Waals surface area contributed by atoms with Crippen molar-refractivity contribution < 1.29 is 9.53 Å². The quantitative estimate of drug-likeness (QED) is 0.821. The van der Waals surface area contributed by atoms with Gasteiger partial charge >= 0.3 is 5.97 Å². The Labute approximate surface area is 106 Å². The van der Waals surface area contributed by atoms with E-state index in [2.05, 4.69) is 10.3 Å². The number of fused-ring (bicyclic) bond motifs is 1. The van der Waals surface area contributed by atoms with Gasteiger partial charge in [-0.25, -0.2) is 4.98 Å². The highest BCUT2D eigenvalue weighted by Crippen LogP contribution is 2.14. The molecular weight excluding hydrogens is 228 g/mol. The van der Waals surface area contributed by atoms with Crippen LogP contribution in [0.25, 0.3) is 10.9 Å². The van der Waals surface area contributed by atoms with Crippen LogP contribution in [-0.4, -0.2) is 24.1 Å². The summed E-state index contributed by atoms with van der Waals surface area (Å²) in [4.78, 5) is 15.6. The number of pyridine rings is 1. The molecule has 2 rings (SSSR count). The zero-order chi connectivity index (χ0) is 12.8. The molecule has 18 heavy (non-hydrogen) atoms. The summed E-state index contributed by atoms with van der Waals surface area (Å²) < 4.78 is 4.85. The van der Waals surface area contributed by atoms with Gasteiger partial charge < -0.3 is 10.1 Å². The van der Waals surface area contributed by atoms with Crippen LogP contribution >= 0.6 is 0 Å². The Morgan fingerprint density at radius 3 is 2.94 bits per heavy atom. The van der Waals surface area contributed by atoms with Crippen LogP contribution in [0.15, 0.2) is 36.4 Å². The van der Waals surface area contributed by atoms with Crippen LogP contribution in [-0.2, 0) is 9.53 Å². The predicted octanol–water partition coefficient (Wildman–Crippen LogP) is 2.60. The van der Waals surface area contributed by atoms with E-state index < -0.39 is 0 Å². The van der Waals surface area contributed by atoms with E-state index in [1.54, 1.807) is 6.92 Å². The van der Waals surface area contributed by atoms with Gasteiger partial charge in [-0.2, -0.15) is 0 Å². The minimum atomic E-state index is -0.189. The Hall–Kier alpha value is -2.10. The van der Waals surface area contributed by atoms with Gasteiger partial charge in [-0.05, 0) is 25.1 Å². The second-order valence-corrected chi connectivity index (χ2v) is 3.87. The third-order valence-corrected chi connectivity index (χ3v) is 2.54. The first-order valence-corrected chi connectivity index (χ1v) is 6.05. The molecule has 0 atom stereocenters. The number of aromatic nitrogens is 1. The van der Waals surface area contributed by atoms with Crippen LogP contribution in [0.2, 0.25) is 0 Å². The first-order valence-electron chi connectivity index (χ1n) is 6.05. The molecule has 0 aliphatic rings. The molecule has 0 saturated carbocycles. The molecule has 4 nitrogen and oxygen atoms in total. The number of hydrogen-bond donors (Lipinski definition) is 1. The van der Waals surface area contributed by atoms with Gasteiger partial charge in [0.05, 0.1) is 18.5 Å². The first kappa shape index (κ1) is 12.4. The maximum absolute atomic E-state index is 11.2. The van der Waals surface area contributed by atoms with Gasteiger partial charge in [0.15, 0.2) is 0 Å². The van der Waals surface area contributed by atoms with Crippen molar-refractivity contribution in [1.29, 1.82) is 0 Å². The summed E-state index contributed by atoms with van der Waals surface area (Å²) in [6, 6.07) is 11.8. The summed E-state index contributed by atoms with van der Waals surface area (Å²) >= 11 is 0. The molecule has 94 valence electrons. The second-order valence-electron chi connectivity index (χ2n) is 3.87. The van der Waals surface area contributed by atoms with E-state index in [1.807, 2.05) is 36.4 Å². The minimum Gasteiger partial charge on any atom is -0.466 e. The van der Waals surface area contributed by atoms with Crippen LogP contribution in [0.5, 0.6) is 0 Å². The summed E-state index contributed by atoms with van der Waals surface area (Å²) in [6.07, 6.45) is 0.350. The predicted molar refractivity (Wildman–Crippen MR) is 71.5 cm³/mol. The Morgan fingerprint density at radius 1 is 1.28 bits per heavy atom. The topological polar surface area (TPSA) is 51.2 Å². The van der Waals surface area contributed by atoms with Crippen LogP contribution in [0.3, 0.4) is 0 Å². The fourth-order valence-corrected chi connectivity index (χ4v) is 1.69. The molecule has 0 unspecified atom stereocenters. The molecule has 0 spiro atoms. The van der Waals surface area contributed by atoms with Crippen molar-refractivity contribution in [3.63, 3.8) is 0 Å². The number of anilines is 1. The summed E-state index contributed by atoms with van der Waals surface area (Å²) in [5.74, 6) is 0.587. The third-order valence-electron chi connectivity index (χ3n) is 2.54. The van der Waals surface area contributed by atoms with Crippen molar-refractivity contribution in [1.82, 2.24) is 4.98 Å². The van der Waals surface area contributed by atoms with Crippen LogP contribution in [0.4, 0.5) is 5.82 Å². The zero-order valence-electron chi connectivity index (χ0n) is 10.3. The Balaban J connectivity index is 1.93. The molecule has 1 heterocycles. The van der Waals surface area contributed by atoms with E-state index in [4.69, 9.17) is 4.74 Å². The maximum atomic E-state index is 11.2. The van der Waals surface area contributed by atoms with E-state index >= 15 is 0 Å². The lowest BCUT2D eigenvalue weighted by atomic mass is 10.2. The highest BCUT2D eigenvalue weighted by molar-refractivity contribution is 5.80. The SMILES string of the molecule is CCOC(=O)CCNc1ccc2ccccc2n1. The summed E-state index contributed by atoms with van der Waals surface area (Å²) in [5, 5.41) is 4.22. The number of esters is 1. The third kappa shape index (κ3) is 3.20. The molecule has 1 aromatic carbocycles. The number of carbonyl (C=O) groups is 1. The van der Waals surface area contributed by atoms with Crippen molar-refractivity contribution in [3.8, 4) is 0 Å². The summed E-state index contributed by atoms with van der Waals surface area (Å²) in [7, 11) is 0. The average molecular weight is 244 g/mol. The average Bonchev–Trinajstić information content (AvgIpc) is 2.39. The van der Waals surface area contributed by atoms with Crippen molar-refractivity contribution in [3.05, 3.63) is 36.4 Å². The van der Waals surface area contributed by atoms with Gasteiger partial charge in [-0.1, -0.05) is 18.2 Å². The number of benzene rings is 1. The van der Waals surface area contributed by atoms with Gasteiger partial charge in [-0.3, -0.25) is 4.79 Å². The number of ether oxygens (including phenoxy) is 1. The van der Waals surface area contributed by atoms with Gasteiger partial charge in [-0.15, -0.1) is 0 Å². The van der Waals surface area contributed by atoms with Crippen molar-refractivity contribution in [2.75, 3.05) is 18.5 Å². The fraction of sp³-hybridized carbons (Fsp3) is 0.286. The van der Waals surface area contributed by atoms with Crippen LogP contribution in [0.1, 0.15) is 13.3 Å². The standard InChI is InChI=1S/C14H16N2O2/c1-2-18-14(17)9-10-15-13-8-7-11-5-3-4-6-12(11)16-13/h3-8H,2,9-10H2,1H3,(H,15,16). The molecule has 0 aliphatic heterocycles. The Kier molecular flexibility index (Phi) is 4.12. The van der Waals surface area contributed by atoms with Gasteiger partial charge in [0.1, 0.15) is 5.82 Å². The van der Waals surface area contributed by atoms with Crippen LogP contribution < -0.4 is 5.32 Å². The monoisotopic (exact) mass is 244 g/mol. The molecule has 4 heteroatoms. The van der Waals surface area contributed by atoms with Crippen molar-refractivity contribution in [2.45, 2.75) is 13.3 Å². The molecule has 0 bridgehead atoms. The molecule has 0 fully saturated rings. The Bertz CT molecular complexity index is 540. The number of carbonyl (C=O) groups excluding carboxylic acids is 1. The van der Waals surface area contributed by atoms with E-state index in [0.717, 1.165) is 16.7 Å². The maximum Gasteiger partial charge on any atom is 0.307 e. The Morgan fingerprint density at radius 2 is 2.11 bits per heavy atom.